The SMILES string of the molecule is C#CC1CCC2[C@H](CO[Si](C)(C)C(C)(C)C)C([C@@]3(C)CC[C@H](C)C[C@@H]3CO[Si](C)(C)C(C)(C)C)CC[C@]12C. The van der Waals surface area contributed by atoms with Crippen LogP contribution >= 0.6 is 0 Å². The van der Waals surface area contributed by atoms with Crippen molar-refractivity contribution in [1.29, 1.82) is 0 Å². The van der Waals surface area contributed by atoms with Crippen LogP contribution in [0.15, 0.2) is 0 Å². The lowest BCUT2D eigenvalue weighted by molar-refractivity contribution is -0.0990. The van der Waals surface area contributed by atoms with Crippen LogP contribution in [0.4, 0.5) is 0 Å². The van der Waals surface area contributed by atoms with Gasteiger partial charge in [0.2, 0.25) is 0 Å². The van der Waals surface area contributed by atoms with Gasteiger partial charge in [0.1, 0.15) is 0 Å². The number of hydrogen-bond acceptors (Lipinski definition) is 2. The molecule has 0 aromatic heterocycles. The summed E-state index contributed by atoms with van der Waals surface area (Å²) in [5, 5.41) is 0.491. The van der Waals surface area contributed by atoms with E-state index >= 15 is 0 Å². The minimum absolute atomic E-state index is 0.237. The second-order valence-corrected chi connectivity index (χ2v) is 27.1. The number of rotatable bonds is 7. The van der Waals surface area contributed by atoms with E-state index in [0.717, 1.165) is 19.1 Å². The number of terminal acetylenes is 1. The van der Waals surface area contributed by atoms with E-state index in [2.05, 4.69) is 94.4 Å². The van der Waals surface area contributed by atoms with Gasteiger partial charge in [-0.1, -0.05) is 68.7 Å². The maximum Gasteiger partial charge on any atom is 0.191 e. The standard InChI is InChI=1S/C34H64O2Si2/c1-15-26-16-17-29-28(24-36-38(13,14)32(6,7)8)30(19-21-33(26,29)9)34(10)20-18-25(2)22-27(34)23-35-37(11,12)31(3,4)5/h1,25-30H,16-24H2,2-14H3/t25-,26?,27+,28-,29?,30?,33+,34-/m0/s1. The average molecular weight is 561 g/mol. The van der Waals surface area contributed by atoms with Gasteiger partial charge >= 0.3 is 0 Å². The molecule has 3 saturated carbocycles. The smallest absolute Gasteiger partial charge is 0.191 e. The van der Waals surface area contributed by atoms with E-state index in [4.69, 9.17) is 15.3 Å². The van der Waals surface area contributed by atoms with Crippen molar-refractivity contribution in [2.45, 2.75) is 144 Å². The molecule has 8 atom stereocenters. The van der Waals surface area contributed by atoms with Crippen molar-refractivity contribution in [1.82, 2.24) is 0 Å². The summed E-state index contributed by atoms with van der Waals surface area (Å²) in [5.74, 6) is 7.09. The normalized spacial score (nSPS) is 39.1. The lowest BCUT2D eigenvalue weighted by Gasteiger charge is -2.58. The zero-order valence-electron chi connectivity index (χ0n) is 27.7. The highest BCUT2D eigenvalue weighted by Gasteiger charge is 2.58. The van der Waals surface area contributed by atoms with E-state index in [1.54, 1.807) is 0 Å². The quantitative estimate of drug-likeness (QED) is 0.228. The summed E-state index contributed by atoms with van der Waals surface area (Å²) >= 11 is 0. The predicted molar refractivity (Wildman–Crippen MR) is 170 cm³/mol. The molecule has 0 aliphatic heterocycles. The highest BCUT2D eigenvalue weighted by atomic mass is 28.4. The van der Waals surface area contributed by atoms with Gasteiger partial charge in [-0.2, -0.15) is 0 Å². The molecule has 3 rings (SSSR count). The van der Waals surface area contributed by atoms with E-state index in [1.165, 1.54) is 44.9 Å². The van der Waals surface area contributed by atoms with Crippen molar-refractivity contribution in [3.8, 4) is 12.3 Å². The first-order valence-electron chi connectivity index (χ1n) is 15.9. The summed E-state index contributed by atoms with van der Waals surface area (Å²) in [6, 6.07) is 0. The van der Waals surface area contributed by atoms with Crippen LogP contribution in [0.5, 0.6) is 0 Å². The Balaban J connectivity index is 1.95. The van der Waals surface area contributed by atoms with Crippen molar-refractivity contribution in [3.63, 3.8) is 0 Å². The van der Waals surface area contributed by atoms with Gasteiger partial charge < -0.3 is 8.85 Å². The number of fused-ring (bicyclic) bond motifs is 1. The van der Waals surface area contributed by atoms with E-state index in [9.17, 15) is 0 Å². The molecule has 0 amide bonds. The highest BCUT2D eigenvalue weighted by molar-refractivity contribution is 6.74. The third-order valence-corrected chi connectivity index (χ3v) is 22.2. The second kappa shape index (κ2) is 11.0. The lowest BCUT2D eigenvalue weighted by Crippen LogP contribution is -2.54. The zero-order chi connectivity index (χ0) is 28.9. The van der Waals surface area contributed by atoms with Crippen LogP contribution in [-0.2, 0) is 8.85 Å². The summed E-state index contributed by atoms with van der Waals surface area (Å²) in [6.45, 7) is 33.5. The second-order valence-electron chi connectivity index (χ2n) is 17.4. The Kier molecular flexibility index (Phi) is 9.35. The van der Waals surface area contributed by atoms with Crippen LogP contribution in [0.25, 0.3) is 0 Å². The Hall–Kier alpha value is -0.0862. The summed E-state index contributed by atoms with van der Waals surface area (Å²) in [5.41, 5.74) is 0.587. The van der Waals surface area contributed by atoms with Gasteiger partial charge in [0.25, 0.3) is 0 Å². The van der Waals surface area contributed by atoms with Crippen molar-refractivity contribution < 1.29 is 8.85 Å². The van der Waals surface area contributed by atoms with Crippen LogP contribution in [0.3, 0.4) is 0 Å². The topological polar surface area (TPSA) is 18.5 Å². The lowest BCUT2D eigenvalue weighted by atomic mass is 9.48. The third kappa shape index (κ3) is 6.07. The molecule has 3 unspecified atom stereocenters. The largest absolute Gasteiger partial charge is 0.417 e. The first-order chi connectivity index (χ1) is 17.2. The molecule has 3 aliphatic rings. The van der Waals surface area contributed by atoms with Crippen LogP contribution < -0.4 is 0 Å². The monoisotopic (exact) mass is 560 g/mol. The van der Waals surface area contributed by atoms with Gasteiger partial charge in [-0.15, -0.1) is 12.3 Å². The fourth-order valence-electron chi connectivity index (χ4n) is 8.04. The molecular formula is C34H64O2Si2. The molecule has 0 N–H and O–H groups in total. The minimum atomic E-state index is -1.83. The maximum absolute atomic E-state index is 7.10. The first kappa shape index (κ1) is 32.4. The van der Waals surface area contributed by atoms with Gasteiger partial charge in [0, 0.05) is 19.1 Å². The van der Waals surface area contributed by atoms with Gasteiger partial charge in [0.15, 0.2) is 16.6 Å². The molecule has 0 spiro atoms. The zero-order valence-corrected chi connectivity index (χ0v) is 29.7. The molecule has 0 radical (unpaired) electrons. The van der Waals surface area contributed by atoms with Crippen molar-refractivity contribution >= 4 is 16.6 Å². The first-order valence-corrected chi connectivity index (χ1v) is 21.8. The molecule has 38 heavy (non-hydrogen) atoms. The molecule has 0 aromatic carbocycles. The van der Waals surface area contributed by atoms with Crippen LogP contribution in [0.1, 0.15) is 107 Å². The molecule has 4 heteroatoms. The molecule has 0 heterocycles. The molecule has 0 bridgehead atoms. The van der Waals surface area contributed by atoms with Crippen LogP contribution in [0.2, 0.25) is 36.3 Å². The van der Waals surface area contributed by atoms with Gasteiger partial charge in [-0.3, -0.25) is 0 Å². The van der Waals surface area contributed by atoms with E-state index in [-0.39, 0.29) is 15.5 Å². The fourth-order valence-corrected chi connectivity index (χ4v) is 10.1. The Morgan fingerprint density at radius 2 is 1.26 bits per heavy atom. The molecule has 3 fully saturated rings. The Morgan fingerprint density at radius 3 is 1.79 bits per heavy atom. The molecule has 0 aromatic rings. The predicted octanol–water partition coefficient (Wildman–Crippen LogP) is 10.2. The Morgan fingerprint density at radius 1 is 0.763 bits per heavy atom. The van der Waals surface area contributed by atoms with Gasteiger partial charge in [-0.05, 0) is 115 Å². The molecular weight excluding hydrogens is 497 g/mol. The average Bonchev–Trinajstić information content (AvgIpc) is 3.13. The maximum atomic E-state index is 7.10. The van der Waals surface area contributed by atoms with Gasteiger partial charge in [-0.25, -0.2) is 0 Å². The van der Waals surface area contributed by atoms with E-state index in [1.807, 2.05) is 0 Å². The Labute approximate surface area is 240 Å². The molecule has 220 valence electrons. The van der Waals surface area contributed by atoms with Crippen molar-refractivity contribution in [3.05, 3.63) is 0 Å². The van der Waals surface area contributed by atoms with Crippen molar-refractivity contribution in [2.75, 3.05) is 13.2 Å². The van der Waals surface area contributed by atoms with Crippen LogP contribution in [-0.4, -0.2) is 29.8 Å². The summed E-state index contributed by atoms with van der Waals surface area (Å²) in [6.07, 6.45) is 15.2. The summed E-state index contributed by atoms with van der Waals surface area (Å²) in [4.78, 5) is 0. The summed E-state index contributed by atoms with van der Waals surface area (Å²) < 4.78 is 14.1. The molecule has 2 nitrogen and oxygen atoms in total. The highest BCUT2D eigenvalue weighted by Crippen LogP contribution is 2.64. The minimum Gasteiger partial charge on any atom is -0.417 e. The number of hydrogen-bond donors (Lipinski definition) is 0. The van der Waals surface area contributed by atoms with Gasteiger partial charge in [0.05, 0.1) is 0 Å². The molecule has 0 saturated heterocycles. The summed E-state index contributed by atoms with van der Waals surface area (Å²) in [7, 11) is -3.62. The van der Waals surface area contributed by atoms with Crippen LogP contribution in [0, 0.1) is 58.7 Å². The molecule has 3 aliphatic carbocycles. The third-order valence-electron chi connectivity index (χ3n) is 13.2. The fraction of sp³-hybridized carbons (Fsp3) is 0.941. The van der Waals surface area contributed by atoms with E-state index in [0.29, 0.717) is 35.0 Å². The van der Waals surface area contributed by atoms with Crippen molar-refractivity contribution in [2.24, 2.45) is 46.3 Å². The Bertz CT molecular complexity index is 859. The van der Waals surface area contributed by atoms with E-state index < -0.39 is 16.6 Å².